The fourth-order valence-corrected chi connectivity index (χ4v) is 1.92. The van der Waals surface area contributed by atoms with E-state index in [0.717, 1.165) is 25.9 Å². The first-order valence-electron chi connectivity index (χ1n) is 5.97. The fourth-order valence-electron chi connectivity index (χ4n) is 1.92. The van der Waals surface area contributed by atoms with Crippen LogP contribution in [0.3, 0.4) is 0 Å². The maximum Gasteiger partial charge on any atom is 0.220 e. The molecule has 2 N–H and O–H groups in total. The second-order valence-electron chi connectivity index (χ2n) is 5.68. The van der Waals surface area contributed by atoms with E-state index in [2.05, 4.69) is 31.4 Å². The van der Waals surface area contributed by atoms with Gasteiger partial charge in [-0.15, -0.1) is 0 Å². The molecule has 88 valence electrons. The predicted molar refractivity (Wildman–Crippen MR) is 62.7 cm³/mol. The molecule has 1 heterocycles. The Kier molecular flexibility index (Phi) is 4.58. The largest absolute Gasteiger partial charge is 0.353 e. The lowest BCUT2D eigenvalue weighted by molar-refractivity contribution is -0.123. The number of carbonyl (C=O) groups excluding carboxylic acids is 1. The molecule has 1 saturated heterocycles. The average Bonchev–Trinajstić information content (AvgIpc) is 2.28. The molecule has 0 radical (unpaired) electrons. The zero-order chi connectivity index (χ0) is 11.3. The van der Waals surface area contributed by atoms with Gasteiger partial charge in [-0.25, -0.2) is 0 Å². The van der Waals surface area contributed by atoms with Crippen molar-refractivity contribution in [2.75, 3.05) is 13.1 Å². The van der Waals surface area contributed by atoms with E-state index in [1.807, 2.05) is 0 Å². The summed E-state index contributed by atoms with van der Waals surface area (Å²) in [6.07, 6.45) is 3.97. The minimum absolute atomic E-state index is 0.0903. The average molecular weight is 212 g/mol. The number of rotatable bonds is 2. The standard InChI is InChI=1S/C12H24N2O/c1-12(2,3)9-11(15)14-10-5-4-7-13-8-6-10/h10,13H,4-9H2,1-3H3,(H,14,15). The van der Waals surface area contributed by atoms with Crippen molar-refractivity contribution in [1.82, 2.24) is 10.6 Å². The number of hydrogen-bond donors (Lipinski definition) is 2. The molecule has 1 unspecified atom stereocenters. The van der Waals surface area contributed by atoms with E-state index in [1.165, 1.54) is 6.42 Å². The third-order valence-electron chi connectivity index (χ3n) is 2.63. The molecule has 0 saturated carbocycles. The molecule has 1 fully saturated rings. The zero-order valence-corrected chi connectivity index (χ0v) is 10.2. The summed E-state index contributed by atoms with van der Waals surface area (Å²) in [5.74, 6) is 0.203. The molecule has 0 spiro atoms. The van der Waals surface area contributed by atoms with Gasteiger partial charge in [0.2, 0.25) is 5.91 Å². The summed E-state index contributed by atoms with van der Waals surface area (Å²) in [6.45, 7) is 8.41. The molecule has 1 aliphatic rings. The molecule has 3 nitrogen and oxygen atoms in total. The van der Waals surface area contributed by atoms with Crippen LogP contribution in [0.15, 0.2) is 0 Å². The van der Waals surface area contributed by atoms with E-state index < -0.39 is 0 Å². The van der Waals surface area contributed by atoms with Crippen molar-refractivity contribution in [2.45, 2.75) is 52.5 Å². The van der Waals surface area contributed by atoms with Crippen LogP contribution in [0.1, 0.15) is 46.5 Å². The van der Waals surface area contributed by atoms with Crippen molar-refractivity contribution in [2.24, 2.45) is 5.41 Å². The second-order valence-corrected chi connectivity index (χ2v) is 5.68. The monoisotopic (exact) mass is 212 g/mol. The predicted octanol–water partition coefficient (Wildman–Crippen LogP) is 1.68. The quantitative estimate of drug-likeness (QED) is 0.731. The van der Waals surface area contributed by atoms with E-state index in [9.17, 15) is 4.79 Å². The van der Waals surface area contributed by atoms with Gasteiger partial charge in [0, 0.05) is 12.5 Å². The summed E-state index contributed by atoms with van der Waals surface area (Å²) in [6, 6.07) is 0.384. The molecular formula is C12H24N2O. The third kappa shape index (κ3) is 5.78. The van der Waals surface area contributed by atoms with Gasteiger partial charge in [-0.3, -0.25) is 4.79 Å². The Bertz CT molecular complexity index is 200. The summed E-state index contributed by atoms with van der Waals surface area (Å²) in [4.78, 5) is 11.7. The normalized spacial score (nSPS) is 23.3. The first kappa shape index (κ1) is 12.5. The van der Waals surface area contributed by atoms with E-state index in [0.29, 0.717) is 12.5 Å². The van der Waals surface area contributed by atoms with Crippen LogP contribution in [-0.2, 0) is 4.79 Å². The second kappa shape index (κ2) is 5.50. The van der Waals surface area contributed by atoms with Crippen LogP contribution in [0.2, 0.25) is 0 Å². The van der Waals surface area contributed by atoms with Crippen LogP contribution in [0.5, 0.6) is 0 Å². The van der Waals surface area contributed by atoms with Gasteiger partial charge in [-0.2, -0.15) is 0 Å². The van der Waals surface area contributed by atoms with Crippen LogP contribution < -0.4 is 10.6 Å². The SMILES string of the molecule is CC(C)(C)CC(=O)NC1CCCNCC1. The van der Waals surface area contributed by atoms with Crippen LogP contribution in [-0.4, -0.2) is 25.0 Å². The lowest BCUT2D eigenvalue weighted by Gasteiger charge is -2.21. The molecule has 1 amide bonds. The zero-order valence-electron chi connectivity index (χ0n) is 10.2. The van der Waals surface area contributed by atoms with Gasteiger partial charge in [0.25, 0.3) is 0 Å². The van der Waals surface area contributed by atoms with Crippen LogP contribution in [0.25, 0.3) is 0 Å². The van der Waals surface area contributed by atoms with E-state index >= 15 is 0 Å². The summed E-state index contributed by atoms with van der Waals surface area (Å²) in [5, 5.41) is 6.48. The highest BCUT2D eigenvalue weighted by molar-refractivity contribution is 5.76. The van der Waals surface area contributed by atoms with Gasteiger partial charge >= 0.3 is 0 Å². The van der Waals surface area contributed by atoms with Crippen molar-refractivity contribution in [3.63, 3.8) is 0 Å². The maximum atomic E-state index is 11.7. The molecule has 0 aromatic heterocycles. The van der Waals surface area contributed by atoms with Crippen molar-refractivity contribution in [3.8, 4) is 0 Å². The molecular weight excluding hydrogens is 188 g/mol. The molecule has 1 aliphatic heterocycles. The lowest BCUT2D eigenvalue weighted by atomic mass is 9.91. The Morgan fingerprint density at radius 2 is 2.07 bits per heavy atom. The van der Waals surface area contributed by atoms with Crippen molar-refractivity contribution in [3.05, 3.63) is 0 Å². The first-order valence-corrected chi connectivity index (χ1v) is 5.97. The topological polar surface area (TPSA) is 41.1 Å². The summed E-state index contributed by atoms with van der Waals surface area (Å²) in [7, 11) is 0. The molecule has 0 aliphatic carbocycles. The molecule has 1 rings (SSSR count). The van der Waals surface area contributed by atoms with Gasteiger partial charge in [0.05, 0.1) is 0 Å². The highest BCUT2D eigenvalue weighted by Crippen LogP contribution is 2.18. The maximum absolute atomic E-state index is 11.7. The van der Waals surface area contributed by atoms with E-state index in [1.54, 1.807) is 0 Å². The Labute approximate surface area is 93.0 Å². The smallest absolute Gasteiger partial charge is 0.220 e. The minimum atomic E-state index is 0.0903. The number of amides is 1. The summed E-state index contributed by atoms with van der Waals surface area (Å²) >= 11 is 0. The van der Waals surface area contributed by atoms with E-state index in [4.69, 9.17) is 0 Å². The Morgan fingerprint density at radius 3 is 2.73 bits per heavy atom. The van der Waals surface area contributed by atoms with Crippen LogP contribution in [0.4, 0.5) is 0 Å². The van der Waals surface area contributed by atoms with Crippen molar-refractivity contribution < 1.29 is 4.79 Å². The van der Waals surface area contributed by atoms with Gasteiger partial charge in [-0.1, -0.05) is 20.8 Å². The lowest BCUT2D eigenvalue weighted by Crippen LogP contribution is -2.37. The number of carbonyl (C=O) groups is 1. The molecule has 0 aromatic rings. The van der Waals surface area contributed by atoms with Crippen molar-refractivity contribution >= 4 is 5.91 Å². The van der Waals surface area contributed by atoms with Crippen molar-refractivity contribution in [1.29, 1.82) is 0 Å². The van der Waals surface area contributed by atoms with Gasteiger partial charge < -0.3 is 10.6 Å². The fraction of sp³-hybridized carbons (Fsp3) is 0.917. The molecule has 3 heteroatoms. The number of hydrogen-bond acceptors (Lipinski definition) is 2. The van der Waals surface area contributed by atoms with Gasteiger partial charge in [0.15, 0.2) is 0 Å². The summed E-state index contributed by atoms with van der Waals surface area (Å²) in [5.41, 5.74) is 0.0903. The highest BCUT2D eigenvalue weighted by atomic mass is 16.1. The Hall–Kier alpha value is -0.570. The van der Waals surface area contributed by atoms with Gasteiger partial charge in [-0.05, 0) is 37.8 Å². The molecule has 15 heavy (non-hydrogen) atoms. The Balaban J connectivity index is 2.30. The highest BCUT2D eigenvalue weighted by Gasteiger charge is 2.19. The van der Waals surface area contributed by atoms with Gasteiger partial charge in [0.1, 0.15) is 0 Å². The molecule has 0 aromatic carbocycles. The van der Waals surface area contributed by atoms with Crippen LogP contribution in [0, 0.1) is 5.41 Å². The van der Waals surface area contributed by atoms with E-state index in [-0.39, 0.29) is 11.3 Å². The number of nitrogens with one attached hydrogen (secondary N) is 2. The molecule has 1 atom stereocenters. The first-order chi connectivity index (χ1) is 6.97. The Morgan fingerprint density at radius 1 is 1.33 bits per heavy atom. The minimum Gasteiger partial charge on any atom is -0.353 e. The van der Waals surface area contributed by atoms with Crippen LogP contribution >= 0.6 is 0 Å². The third-order valence-corrected chi connectivity index (χ3v) is 2.63. The summed E-state index contributed by atoms with van der Waals surface area (Å²) < 4.78 is 0. The molecule has 0 bridgehead atoms.